The highest BCUT2D eigenvalue weighted by Crippen LogP contribution is 2.32. The van der Waals surface area contributed by atoms with Crippen LogP contribution in [0.4, 0.5) is 4.39 Å². The Morgan fingerprint density at radius 2 is 1.82 bits per heavy atom. The van der Waals surface area contributed by atoms with E-state index in [0.29, 0.717) is 11.5 Å². The van der Waals surface area contributed by atoms with Crippen molar-refractivity contribution < 1.29 is 9.18 Å². The molecule has 33 heavy (non-hydrogen) atoms. The lowest BCUT2D eigenvalue weighted by atomic mass is 9.87. The van der Waals surface area contributed by atoms with Crippen LogP contribution in [0.1, 0.15) is 67.2 Å². The minimum Gasteiger partial charge on any atom is -0.342 e. The molecule has 1 atom stereocenters. The molecule has 174 valence electrons. The fraction of sp³-hybridized carbons (Fsp3) is 0.367. The van der Waals surface area contributed by atoms with Crippen LogP contribution < -0.4 is 0 Å². The summed E-state index contributed by atoms with van der Waals surface area (Å²) in [5, 5.41) is 0. The number of carbonyl (C=O) groups excluding carboxylic acids is 1. The Morgan fingerprint density at radius 3 is 2.45 bits per heavy atom. The Bertz CT molecular complexity index is 1000. The van der Waals surface area contributed by atoms with E-state index in [9.17, 15) is 9.18 Å². The summed E-state index contributed by atoms with van der Waals surface area (Å²) in [6.07, 6.45) is 14.9. The van der Waals surface area contributed by atoms with Gasteiger partial charge in [0.25, 0.3) is 0 Å². The maximum absolute atomic E-state index is 14.7. The monoisotopic (exact) mass is 445 g/mol. The zero-order valence-electron chi connectivity index (χ0n) is 20.0. The van der Waals surface area contributed by atoms with Gasteiger partial charge in [-0.15, -0.1) is 0 Å². The summed E-state index contributed by atoms with van der Waals surface area (Å²) >= 11 is 0. The average Bonchev–Trinajstić information content (AvgIpc) is 2.84. The van der Waals surface area contributed by atoms with E-state index in [0.717, 1.165) is 49.8 Å². The molecule has 2 nitrogen and oxygen atoms in total. The molecule has 3 heteroatoms. The first-order valence-corrected chi connectivity index (χ1v) is 12.1. The molecular formula is C30H36FNO. The van der Waals surface area contributed by atoms with Crippen LogP contribution in [0.5, 0.6) is 0 Å². The zero-order chi connectivity index (χ0) is 23.6. The fourth-order valence-electron chi connectivity index (χ4n) is 4.31. The van der Waals surface area contributed by atoms with Crippen LogP contribution in [-0.4, -0.2) is 24.4 Å². The van der Waals surface area contributed by atoms with Crippen molar-refractivity contribution >= 4 is 11.5 Å². The summed E-state index contributed by atoms with van der Waals surface area (Å²) in [4.78, 5) is 13.2. The van der Waals surface area contributed by atoms with E-state index in [2.05, 4.69) is 62.1 Å². The SMILES string of the molecule is C=CC(=O)N(C)CCCc1ccc(C2C=CC(c3ccc(CCCCC)cc3F)=CC2)cc1. The predicted octanol–water partition coefficient (Wildman–Crippen LogP) is 7.26. The Labute approximate surface area is 198 Å². The maximum atomic E-state index is 14.7. The smallest absolute Gasteiger partial charge is 0.245 e. The third-order valence-corrected chi connectivity index (χ3v) is 6.43. The molecule has 3 rings (SSSR count). The molecule has 1 unspecified atom stereocenters. The van der Waals surface area contributed by atoms with Crippen molar-refractivity contribution in [3.05, 3.63) is 101 Å². The van der Waals surface area contributed by atoms with Crippen LogP contribution in [0.2, 0.25) is 0 Å². The van der Waals surface area contributed by atoms with Gasteiger partial charge in [-0.2, -0.15) is 0 Å². The van der Waals surface area contributed by atoms with Gasteiger partial charge in [0.1, 0.15) is 5.82 Å². The van der Waals surface area contributed by atoms with Crippen LogP contribution in [-0.2, 0) is 17.6 Å². The van der Waals surface area contributed by atoms with Crippen LogP contribution >= 0.6 is 0 Å². The third-order valence-electron chi connectivity index (χ3n) is 6.43. The number of unbranched alkanes of at least 4 members (excludes halogenated alkanes) is 2. The van der Waals surface area contributed by atoms with Crippen molar-refractivity contribution in [1.29, 1.82) is 0 Å². The summed E-state index contributed by atoms with van der Waals surface area (Å²) in [7, 11) is 1.80. The number of hydrogen-bond acceptors (Lipinski definition) is 1. The summed E-state index contributed by atoms with van der Waals surface area (Å²) in [5.74, 6) is 0.156. The van der Waals surface area contributed by atoms with E-state index in [4.69, 9.17) is 0 Å². The number of nitrogens with zero attached hydrogens (tertiary/aromatic N) is 1. The molecule has 0 aromatic heterocycles. The first-order chi connectivity index (χ1) is 16.0. The quantitative estimate of drug-likeness (QED) is 0.263. The largest absolute Gasteiger partial charge is 0.342 e. The molecule has 0 fully saturated rings. The van der Waals surface area contributed by atoms with E-state index >= 15 is 0 Å². The van der Waals surface area contributed by atoms with Crippen molar-refractivity contribution in [1.82, 2.24) is 4.90 Å². The highest BCUT2D eigenvalue weighted by molar-refractivity contribution is 5.86. The highest BCUT2D eigenvalue weighted by Gasteiger charge is 2.14. The number of benzene rings is 2. The van der Waals surface area contributed by atoms with Crippen molar-refractivity contribution in [2.75, 3.05) is 13.6 Å². The Hall–Kier alpha value is -2.94. The summed E-state index contributed by atoms with van der Waals surface area (Å²) < 4.78 is 14.7. The third kappa shape index (κ3) is 7.02. The number of allylic oxidation sites excluding steroid dienone is 4. The molecule has 0 saturated heterocycles. The summed E-state index contributed by atoms with van der Waals surface area (Å²) in [6, 6.07) is 14.4. The Kier molecular flexibility index (Phi) is 9.24. The van der Waals surface area contributed by atoms with E-state index in [1.807, 2.05) is 6.07 Å². The van der Waals surface area contributed by atoms with E-state index in [1.165, 1.54) is 30.0 Å². The molecule has 1 aliphatic carbocycles. The first-order valence-electron chi connectivity index (χ1n) is 12.1. The first kappa shape index (κ1) is 24.7. The van der Waals surface area contributed by atoms with Gasteiger partial charge in [-0.3, -0.25) is 4.79 Å². The number of aryl methyl sites for hydroxylation is 2. The molecule has 0 spiro atoms. The standard InChI is InChI=1S/C30H36FNO/c1-4-6-7-9-24-13-20-28(29(31)22-24)27-18-16-26(17-19-27)25-14-11-23(12-15-25)10-8-21-32(3)30(33)5-2/h5,11-16,18-20,22,26H,2,4,6-10,17,21H2,1,3H3. The van der Waals surface area contributed by atoms with E-state index in [-0.39, 0.29) is 11.7 Å². The molecule has 2 aromatic rings. The maximum Gasteiger partial charge on any atom is 0.245 e. The van der Waals surface area contributed by atoms with E-state index < -0.39 is 0 Å². The topological polar surface area (TPSA) is 20.3 Å². The van der Waals surface area contributed by atoms with E-state index in [1.54, 1.807) is 18.0 Å². The fourth-order valence-corrected chi connectivity index (χ4v) is 4.31. The van der Waals surface area contributed by atoms with Crippen molar-refractivity contribution in [3.63, 3.8) is 0 Å². The highest BCUT2D eigenvalue weighted by atomic mass is 19.1. The molecule has 0 aliphatic heterocycles. The number of carbonyl (C=O) groups is 1. The van der Waals surface area contributed by atoms with Crippen LogP contribution in [0.25, 0.3) is 5.57 Å². The molecule has 2 aromatic carbocycles. The molecule has 1 amide bonds. The van der Waals surface area contributed by atoms with Gasteiger partial charge in [0, 0.05) is 25.1 Å². The summed E-state index contributed by atoms with van der Waals surface area (Å²) in [6.45, 7) is 6.43. The van der Waals surface area contributed by atoms with Crippen molar-refractivity contribution in [2.24, 2.45) is 0 Å². The lowest BCUT2D eigenvalue weighted by molar-refractivity contribution is -0.124. The van der Waals surface area contributed by atoms with Crippen molar-refractivity contribution in [3.8, 4) is 0 Å². The number of rotatable bonds is 11. The van der Waals surface area contributed by atoms with Crippen molar-refractivity contribution in [2.45, 2.75) is 57.8 Å². The predicted molar refractivity (Wildman–Crippen MR) is 137 cm³/mol. The molecular weight excluding hydrogens is 409 g/mol. The van der Waals surface area contributed by atoms with Gasteiger partial charge in [0.05, 0.1) is 0 Å². The normalized spacial score (nSPS) is 15.2. The molecule has 1 aliphatic rings. The zero-order valence-corrected chi connectivity index (χ0v) is 20.0. The Morgan fingerprint density at radius 1 is 1.09 bits per heavy atom. The van der Waals surface area contributed by atoms with Gasteiger partial charge in [-0.1, -0.05) is 81.0 Å². The minimum atomic E-state index is -0.122. The van der Waals surface area contributed by atoms with Gasteiger partial charge < -0.3 is 4.90 Å². The van der Waals surface area contributed by atoms with Gasteiger partial charge in [-0.05, 0) is 66.5 Å². The molecule has 0 bridgehead atoms. The van der Waals surface area contributed by atoms with Gasteiger partial charge >= 0.3 is 0 Å². The second kappa shape index (κ2) is 12.3. The van der Waals surface area contributed by atoms with Crippen LogP contribution in [0, 0.1) is 5.82 Å². The van der Waals surface area contributed by atoms with Gasteiger partial charge in [0.2, 0.25) is 5.91 Å². The molecule has 0 N–H and O–H groups in total. The number of halogens is 1. The second-order valence-electron chi connectivity index (χ2n) is 8.94. The molecule has 0 heterocycles. The average molecular weight is 446 g/mol. The lowest BCUT2D eigenvalue weighted by Crippen LogP contribution is -2.25. The number of likely N-dealkylation sites (N-methyl/N-ethyl adjacent to an activating group) is 1. The summed E-state index contributed by atoms with van der Waals surface area (Å²) in [5.41, 5.74) is 5.30. The lowest BCUT2D eigenvalue weighted by Gasteiger charge is -2.18. The molecule has 0 saturated carbocycles. The minimum absolute atomic E-state index is 0.0374. The van der Waals surface area contributed by atoms with Crippen LogP contribution in [0.15, 0.2) is 73.3 Å². The molecule has 0 radical (unpaired) electrons. The number of amides is 1. The Balaban J connectivity index is 1.54. The second-order valence-corrected chi connectivity index (χ2v) is 8.94. The van der Waals surface area contributed by atoms with Crippen LogP contribution in [0.3, 0.4) is 0 Å². The van der Waals surface area contributed by atoms with Gasteiger partial charge in [0.15, 0.2) is 0 Å². The number of hydrogen-bond donors (Lipinski definition) is 0. The van der Waals surface area contributed by atoms with Gasteiger partial charge in [-0.25, -0.2) is 4.39 Å².